The maximum atomic E-state index is 12.2. The van der Waals surface area contributed by atoms with Crippen LogP contribution in [0.25, 0.3) is 0 Å². The third-order valence-electron chi connectivity index (χ3n) is 2.84. The van der Waals surface area contributed by atoms with Crippen LogP contribution in [0.5, 0.6) is 11.5 Å². The Kier molecular flexibility index (Phi) is 5.90. The molecule has 0 amide bonds. The number of rotatable bonds is 7. The number of carbonyl (C=O) groups is 3. The van der Waals surface area contributed by atoms with Crippen molar-refractivity contribution in [1.29, 1.82) is 0 Å². The van der Waals surface area contributed by atoms with Gasteiger partial charge in [0.15, 0.2) is 29.2 Å². The van der Waals surface area contributed by atoms with Gasteiger partial charge in [-0.2, -0.15) is 0 Å². The van der Waals surface area contributed by atoms with Gasteiger partial charge >= 0.3 is 5.97 Å². The van der Waals surface area contributed by atoms with Gasteiger partial charge in [0.05, 0.1) is 20.6 Å². The molecule has 0 saturated heterocycles. The Morgan fingerprint density at radius 1 is 1.05 bits per heavy atom. The molecule has 0 radical (unpaired) electrons. The molecule has 0 fully saturated rings. The first kappa shape index (κ1) is 16.7. The van der Waals surface area contributed by atoms with Gasteiger partial charge in [0.25, 0.3) is 0 Å². The lowest BCUT2D eigenvalue weighted by Crippen LogP contribution is -2.27. The highest BCUT2D eigenvalue weighted by atomic mass is 16.5. The lowest BCUT2D eigenvalue weighted by atomic mass is 10.0. The molecule has 0 heterocycles. The molecule has 0 aliphatic carbocycles. The molecule has 0 aliphatic rings. The van der Waals surface area contributed by atoms with Gasteiger partial charge < -0.3 is 14.2 Å². The van der Waals surface area contributed by atoms with Crippen LogP contribution in [0.4, 0.5) is 0 Å². The molecule has 21 heavy (non-hydrogen) atoms. The van der Waals surface area contributed by atoms with Crippen LogP contribution in [-0.2, 0) is 14.3 Å². The molecule has 1 aromatic rings. The zero-order valence-electron chi connectivity index (χ0n) is 12.5. The predicted octanol–water partition coefficient (Wildman–Crippen LogP) is 1.80. The fourth-order valence-corrected chi connectivity index (χ4v) is 1.76. The van der Waals surface area contributed by atoms with Crippen LogP contribution in [0.2, 0.25) is 0 Å². The number of hydrogen-bond acceptors (Lipinski definition) is 6. The molecule has 6 nitrogen and oxygen atoms in total. The zero-order valence-corrected chi connectivity index (χ0v) is 12.5. The minimum atomic E-state index is -1.07. The second-order valence-electron chi connectivity index (χ2n) is 4.41. The Hall–Kier alpha value is -2.37. The fourth-order valence-electron chi connectivity index (χ4n) is 1.76. The molecule has 1 atom stereocenters. The van der Waals surface area contributed by atoms with Gasteiger partial charge in [-0.3, -0.25) is 14.4 Å². The quantitative estimate of drug-likeness (QED) is 0.563. The van der Waals surface area contributed by atoms with E-state index in [0.717, 1.165) is 0 Å². The Labute approximate surface area is 123 Å². The summed E-state index contributed by atoms with van der Waals surface area (Å²) in [5.41, 5.74) is 0.353. The van der Waals surface area contributed by atoms with Gasteiger partial charge in [-0.05, 0) is 25.1 Å². The van der Waals surface area contributed by atoms with E-state index in [1.54, 1.807) is 12.1 Å². The topological polar surface area (TPSA) is 78.9 Å². The summed E-state index contributed by atoms with van der Waals surface area (Å²) in [5.74, 6) is -0.390. The monoisotopic (exact) mass is 294 g/mol. The van der Waals surface area contributed by atoms with E-state index in [1.165, 1.54) is 34.1 Å². The van der Waals surface area contributed by atoms with Gasteiger partial charge in [-0.25, -0.2) is 0 Å². The van der Waals surface area contributed by atoms with E-state index in [-0.39, 0.29) is 18.0 Å². The Balaban J connectivity index is 2.92. The van der Waals surface area contributed by atoms with Crippen LogP contribution in [0, 0.1) is 0 Å². The van der Waals surface area contributed by atoms with Crippen molar-refractivity contribution >= 4 is 17.5 Å². The molecule has 0 aromatic heterocycles. The number of ketones is 2. The van der Waals surface area contributed by atoms with Gasteiger partial charge in [-0.1, -0.05) is 0 Å². The van der Waals surface area contributed by atoms with Crippen LogP contribution in [0.15, 0.2) is 18.2 Å². The third kappa shape index (κ3) is 4.59. The summed E-state index contributed by atoms with van der Waals surface area (Å²) in [5, 5.41) is 0. The Morgan fingerprint density at radius 3 is 2.14 bits per heavy atom. The lowest BCUT2D eigenvalue weighted by Gasteiger charge is -2.14. The van der Waals surface area contributed by atoms with E-state index in [0.29, 0.717) is 17.1 Å². The van der Waals surface area contributed by atoms with E-state index in [4.69, 9.17) is 14.2 Å². The summed E-state index contributed by atoms with van der Waals surface area (Å²) >= 11 is 0. The highest BCUT2D eigenvalue weighted by molar-refractivity contribution is 6.00. The third-order valence-corrected chi connectivity index (χ3v) is 2.84. The second kappa shape index (κ2) is 7.42. The first-order valence-corrected chi connectivity index (χ1v) is 6.32. The number of benzene rings is 1. The van der Waals surface area contributed by atoms with Gasteiger partial charge in [0.2, 0.25) is 0 Å². The molecule has 0 saturated carbocycles. The van der Waals surface area contributed by atoms with Crippen LogP contribution in [0.3, 0.4) is 0 Å². The summed E-state index contributed by atoms with van der Waals surface area (Å²) in [7, 11) is 2.95. The Morgan fingerprint density at radius 2 is 1.67 bits per heavy atom. The van der Waals surface area contributed by atoms with E-state index >= 15 is 0 Å². The zero-order chi connectivity index (χ0) is 16.0. The Bertz CT molecular complexity index is 549. The van der Waals surface area contributed by atoms with Crippen molar-refractivity contribution in [3.63, 3.8) is 0 Å². The smallest absolute Gasteiger partial charge is 0.303 e. The van der Waals surface area contributed by atoms with Crippen molar-refractivity contribution in [2.45, 2.75) is 26.4 Å². The molecular formula is C15H18O6. The molecule has 0 aliphatic heterocycles. The first-order chi connectivity index (χ1) is 9.88. The van der Waals surface area contributed by atoms with Crippen molar-refractivity contribution in [3.05, 3.63) is 23.8 Å². The van der Waals surface area contributed by atoms with E-state index in [1.807, 2.05) is 0 Å². The number of carbonyl (C=O) groups excluding carboxylic acids is 3. The van der Waals surface area contributed by atoms with E-state index in [9.17, 15) is 14.4 Å². The molecular weight excluding hydrogens is 276 g/mol. The van der Waals surface area contributed by atoms with Crippen molar-refractivity contribution in [2.75, 3.05) is 14.2 Å². The summed E-state index contributed by atoms with van der Waals surface area (Å²) in [6.45, 7) is 2.46. The first-order valence-electron chi connectivity index (χ1n) is 6.32. The molecule has 1 rings (SSSR count). The van der Waals surface area contributed by atoms with Crippen LogP contribution >= 0.6 is 0 Å². The highest BCUT2D eigenvalue weighted by Gasteiger charge is 2.22. The molecule has 0 bridgehead atoms. The maximum absolute atomic E-state index is 12.2. The van der Waals surface area contributed by atoms with E-state index in [2.05, 4.69) is 0 Å². The normalized spacial score (nSPS) is 11.4. The van der Waals surface area contributed by atoms with Gasteiger partial charge in [0.1, 0.15) is 0 Å². The summed E-state index contributed by atoms with van der Waals surface area (Å²) < 4.78 is 15.0. The molecule has 1 aromatic carbocycles. The van der Waals surface area contributed by atoms with Crippen LogP contribution in [-0.4, -0.2) is 37.9 Å². The lowest BCUT2D eigenvalue weighted by molar-refractivity contribution is -0.152. The van der Waals surface area contributed by atoms with Gasteiger partial charge in [0, 0.05) is 12.5 Å². The van der Waals surface area contributed by atoms with E-state index < -0.39 is 12.1 Å². The average molecular weight is 294 g/mol. The van der Waals surface area contributed by atoms with Gasteiger partial charge in [-0.15, -0.1) is 0 Å². The largest absolute Gasteiger partial charge is 0.493 e. The van der Waals surface area contributed by atoms with Crippen molar-refractivity contribution in [1.82, 2.24) is 0 Å². The van der Waals surface area contributed by atoms with Crippen molar-refractivity contribution in [3.8, 4) is 11.5 Å². The van der Waals surface area contributed by atoms with Crippen molar-refractivity contribution < 1.29 is 28.6 Å². The molecule has 0 N–H and O–H groups in total. The maximum Gasteiger partial charge on any atom is 0.303 e. The molecule has 0 spiro atoms. The SMILES string of the molecule is COc1ccc(C(=O)CC(OC(C)=O)C(C)=O)cc1OC. The minimum Gasteiger partial charge on any atom is -0.493 e. The predicted molar refractivity (Wildman–Crippen MR) is 74.7 cm³/mol. The molecule has 114 valence electrons. The number of Topliss-reactive ketones (excluding diaryl/α,β-unsaturated/α-hetero) is 2. The average Bonchev–Trinajstić information content (AvgIpc) is 2.45. The summed E-state index contributed by atoms with van der Waals surface area (Å²) in [4.78, 5) is 34.5. The highest BCUT2D eigenvalue weighted by Crippen LogP contribution is 2.28. The number of ether oxygens (including phenoxy) is 3. The summed E-state index contributed by atoms with van der Waals surface area (Å²) in [6.07, 6.45) is -1.27. The number of methoxy groups -OCH3 is 2. The fraction of sp³-hybridized carbons (Fsp3) is 0.400. The van der Waals surface area contributed by atoms with Crippen molar-refractivity contribution in [2.24, 2.45) is 0 Å². The summed E-state index contributed by atoms with van der Waals surface area (Å²) in [6, 6.07) is 4.68. The minimum absolute atomic E-state index is 0.204. The number of hydrogen-bond donors (Lipinski definition) is 0. The molecule has 6 heteroatoms. The second-order valence-corrected chi connectivity index (χ2v) is 4.41. The standard InChI is InChI=1S/C15H18O6/c1-9(16)14(21-10(2)17)8-12(18)11-5-6-13(19-3)15(7-11)20-4/h5-7,14H,8H2,1-4H3. The number of esters is 1. The van der Waals surface area contributed by atoms with Crippen LogP contribution < -0.4 is 9.47 Å². The molecule has 1 unspecified atom stereocenters. The van der Waals surface area contributed by atoms with Crippen LogP contribution in [0.1, 0.15) is 30.6 Å².